The summed E-state index contributed by atoms with van der Waals surface area (Å²) in [5.41, 5.74) is 0.236. The Morgan fingerprint density at radius 3 is 2.82 bits per heavy atom. The van der Waals surface area contributed by atoms with Crippen LogP contribution >= 0.6 is 15.9 Å². The highest BCUT2D eigenvalue weighted by molar-refractivity contribution is 9.10. The van der Waals surface area contributed by atoms with Crippen molar-refractivity contribution < 1.29 is 14.0 Å². The molecule has 0 radical (unpaired) electrons. The Morgan fingerprint density at radius 1 is 1.47 bits per heavy atom. The molecule has 0 bridgehead atoms. The summed E-state index contributed by atoms with van der Waals surface area (Å²) in [6, 6.07) is 3.85. The average Bonchev–Trinajstić information content (AvgIpc) is 2.56. The van der Waals surface area contributed by atoms with Gasteiger partial charge in [0.05, 0.1) is 6.21 Å². The third-order valence-corrected chi connectivity index (χ3v) is 2.57. The first-order valence-corrected chi connectivity index (χ1v) is 5.46. The summed E-state index contributed by atoms with van der Waals surface area (Å²) >= 11 is 3.13. The van der Waals surface area contributed by atoms with Crippen molar-refractivity contribution in [2.75, 3.05) is 6.54 Å². The van der Waals surface area contributed by atoms with Gasteiger partial charge in [-0.2, -0.15) is 5.10 Å². The second kappa shape index (κ2) is 4.62. The number of carbonyl (C=O) groups excluding carboxylic acids is 2. The molecule has 0 saturated carbocycles. The molecule has 1 aliphatic rings. The van der Waals surface area contributed by atoms with Gasteiger partial charge in [0.2, 0.25) is 5.91 Å². The molecule has 1 saturated heterocycles. The number of nitrogens with one attached hydrogen (secondary N) is 1. The average molecular weight is 300 g/mol. The Morgan fingerprint density at radius 2 is 2.24 bits per heavy atom. The summed E-state index contributed by atoms with van der Waals surface area (Å²) in [4.78, 5) is 22.0. The number of hydrogen-bond acceptors (Lipinski definition) is 3. The largest absolute Gasteiger partial charge is 0.344 e. The Kier molecular flexibility index (Phi) is 3.19. The molecule has 1 aliphatic heterocycles. The number of urea groups is 1. The predicted molar refractivity (Wildman–Crippen MR) is 61.9 cm³/mol. The number of halogens is 2. The third kappa shape index (κ3) is 2.68. The van der Waals surface area contributed by atoms with E-state index in [1.165, 1.54) is 18.3 Å². The smallest absolute Gasteiger partial charge is 0.275 e. The van der Waals surface area contributed by atoms with Crippen LogP contribution in [0, 0.1) is 5.82 Å². The highest BCUT2D eigenvalue weighted by Gasteiger charge is 2.25. The van der Waals surface area contributed by atoms with Gasteiger partial charge in [-0.15, -0.1) is 0 Å². The lowest BCUT2D eigenvalue weighted by molar-refractivity contribution is -0.118. The second-order valence-electron chi connectivity index (χ2n) is 3.32. The minimum absolute atomic E-state index is 0.145. The molecule has 0 unspecified atom stereocenters. The van der Waals surface area contributed by atoms with Crippen LogP contribution in [0.1, 0.15) is 5.56 Å². The van der Waals surface area contributed by atoms with Crippen molar-refractivity contribution in [2.24, 2.45) is 5.10 Å². The normalized spacial score (nSPS) is 15.8. The Hall–Kier alpha value is -1.76. The van der Waals surface area contributed by atoms with Crippen LogP contribution in [0.5, 0.6) is 0 Å². The number of amides is 3. The van der Waals surface area contributed by atoms with Gasteiger partial charge >= 0.3 is 6.03 Å². The molecule has 1 heterocycles. The first-order chi connectivity index (χ1) is 8.06. The van der Waals surface area contributed by atoms with Gasteiger partial charge < -0.3 is 0 Å². The topological polar surface area (TPSA) is 61.8 Å². The number of benzene rings is 1. The zero-order chi connectivity index (χ0) is 12.4. The van der Waals surface area contributed by atoms with E-state index in [0.717, 1.165) is 5.01 Å². The molecule has 0 aliphatic carbocycles. The van der Waals surface area contributed by atoms with E-state index in [2.05, 4.69) is 26.3 Å². The lowest BCUT2D eigenvalue weighted by Gasteiger charge is -2.04. The minimum atomic E-state index is -0.608. The van der Waals surface area contributed by atoms with Crippen molar-refractivity contribution in [1.29, 1.82) is 0 Å². The third-order valence-electron chi connectivity index (χ3n) is 2.07. The Balaban J connectivity index is 2.15. The predicted octanol–water partition coefficient (Wildman–Crippen LogP) is 1.47. The van der Waals surface area contributed by atoms with E-state index < -0.39 is 17.8 Å². The molecule has 5 nitrogen and oxygen atoms in total. The maximum atomic E-state index is 13.4. The molecule has 7 heteroatoms. The number of nitrogens with zero attached hydrogens (tertiary/aromatic N) is 2. The van der Waals surface area contributed by atoms with Crippen LogP contribution in [0.4, 0.5) is 9.18 Å². The van der Waals surface area contributed by atoms with Crippen molar-refractivity contribution in [3.8, 4) is 0 Å². The lowest BCUT2D eigenvalue weighted by atomic mass is 10.2. The number of rotatable bonds is 2. The molecule has 1 fully saturated rings. The van der Waals surface area contributed by atoms with Gasteiger partial charge in [0.25, 0.3) is 0 Å². The van der Waals surface area contributed by atoms with Crippen molar-refractivity contribution >= 4 is 34.1 Å². The molecule has 1 aromatic carbocycles. The van der Waals surface area contributed by atoms with Gasteiger partial charge in [-0.05, 0) is 18.2 Å². The molecule has 17 heavy (non-hydrogen) atoms. The standard InChI is InChI=1S/C10H7BrFN3O2/c11-7-2-1-6(8(12)3-7)4-13-15-5-9(16)14-10(15)17/h1-4H,5H2,(H,14,16,17)/b13-4-. The highest BCUT2D eigenvalue weighted by Crippen LogP contribution is 2.14. The first kappa shape index (κ1) is 11.7. The summed E-state index contributed by atoms with van der Waals surface area (Å²) in [6.07, 6.45) is 1.19. The summed E-state index contributed by atoms with van der Waals surface area (Å²) < 4.78 is 14.0. The van der Waals surface area contributed by atoms with E-state index in [4.69, 9.17) is 0 Å². The van der Waals surface area contributed by atoms with Crippen molar-refractivity contribution in [3.63, 3.8) is 0 Å². The van der Waals surface area contributed by atoms with Crippen LogP contribution in [0.2, 0.25) is 0 Å². The Bertz CT molecular complexity index is 518. The van der Waals surface area contributed by atoms with E-state index in [9.17, 15) is 14.0 Å². The highest BCUT2D eigenvalue weighted by atomic mass is 79.9. The maximum absolute atomic E-state index is 13.4. The second-order valence-corrected chi connectivity index (χ2v) is 4.24. The number of carbonyl (C=O) groups is 2. The molecule has 0 spiro atoms. The van der Waals surface area contributed by atoms with E-state index in [0.29, 0.717) is 4.47 Å². The fourth-order valence-electron chi connectivity index (χ4n) is 1.26. The molecule has 0 atom stereocenters. The van der Waals surface area contributed by atoms with Gasteiger partial charge in [-0.1, -0.05) is 15.9 Å². The van der Waals surface area contributed by atoms with E-state index in [1.54, 1.807) is 6.07 Å². The molecule has 3 amide bonds. The Labute approximate surface area is 104 Å². The van der Waals surface area contributed by atoms with Gasteiger partial charge in [0.15, 0.2) is 0 Å². The molecule has 1 N–H and O–H groups in total. The maximum Gasteiger partial charge on any atom is 0.344 e. The van der Waals surface area contributed by atoms with Crippen LogP contribution < -0.4 is 5.32 Å². The zero-order valence-corrected chi connectivity index (χ0v) is 10.1. The van der Waals surface area contributed by atoms with E-state index >= 15 is 0 Å². The van der Waals surface area contributed by atoms with Gasteiger partial charge in [-0.25, -0.2) is 14.2 Å². The number of hydrazone groups is 1. The van der Waals surface area contributed by atoms with Crippen LogP contribution in [0.3, 0.4) is 0 Å². The minimum Gasteiger partial charge on any atom is -0.275 e. The first-order valence-electron chi connectivity index (χ1n) is 4.66. The molecule has 88 valence electrons. The fourth-order valence-corrected chi connectivity index (χ4v) is 1.60. The van der Waals surface area contributed by atoms with Gasteiger partial charge in [0, 0.05) is 10.0 Å². The van der Waals surface area contributed by atoms with Crippen LogP contribution in [-0.2, 0) is 4.79 Å². The van der Waals surface area contributed by atoms with E-state index in [-0.39, 0.29) is 12.1 Å². The molecular formula is C10H7BrFN3O2. The van der Waals surface area contributed by atoms with Crippen molar-refractivity contribution in [3.05, 3.63) is 34.1 Å². The van der Waals surface area contributed by atoms with Gasteiger partial charge in [0.1, 0.15) is 12.4 Å². The summed E-state index contributed by atoms with van der Waals surface area (Å²) in [6.45, 7) is -0.145. The molecule has 2 rings (SSSR count). The SMILES string of the molecule is O=C1CN(/N=C\c2ccc(Br)cc2F)C(=O)N1. The van der Waals surface area contributed by atoms with Crippen molar-refractivity contribution in [1.82, 2.24) is 10.3 Å². The molecular weight excluding hydrogens is 293 g/mol. The zero-order valence-electron chi connectivity index (χ0n) is 8.48. The molecule has 0 aromatic heterocycles. The summed E-state index contributed by atoms with van der Waals surface area (Å²) in [7, 11) is 0. The lowest BCUT2D eigenvalue weighted by Crippen LogP contribution is -2.24. The fraction of sp³-hybridized carbons (Fsp3) is 0.100. The number of hydrogen-bond donors (Lipinski definition) is 1. The summed E-state index contributed by atoms with van der Waals surface area (Å²) in [5.74, 6) is -0.891. The van der Waals surface area contributed by atoms with Crippen LogP contribution in [0.25, 0.3) is 0 Å². The van der Waals surface area contributed by atoms with Gasteiger partial charge in [-0.3, -0.25) is 10.1 Å². The summed E-state index contributed by atoms with van der Waals surface area (Å²) in [5, 5.41) is 6.73. The van der Waals surface area contributed by atoms with E-state index in [1.807, 2.05) is 0 Å². The van der Waals surface area contributed by atoms with Crippen LogP contribution in [0.15, 0.2) is 27.8 Å². The molecule has 1 aromatic rings. The quantitative estimate of drug-likeness (QED) is 0.664. The van der Waals surface area contributed by atoms with Crippen molar-refractivity contribution in [2.45, 2.75) is 0 Å². The number of imide groups is 1. The van der Waals surface area contributed by atoms with Crippen LogP contribution in [-0.4, -0.2) is 29.7 Å². The monoisotopic (exact) mass is 299 g/mol.